The van der Waals surface area contributed by atoms with E-state index in [1.54, 1.807) is 6.20 Å². The SMILES string of the molecule is CCCOCC(=O)Nc1cc(C)c(Br)cn1. The lowest BCUT2D eigenvalue weighted by Gasteiger charge is -2.06. The fourth-order valence-electron chi connectivity index (χ4n) is 1.10. The fourth-order valence-corrected chi connectivity index (χ4v) is 1.31. The number of anilines is 1. The number of hydrogen-bond acceptors (Lipinski definition) is 3. The van der Waals surface area contributed by atoms with Gasteiger partial charge in [-0.1, -0.05) is 6.92 Å². The van der Waals surface area contributed by atoms with Crippen LogP contribution in [-0.4, -0.2) is 24.1 Å². The Morgan fingerprint density at radius 2 is 2.38 bits per heavy atom. The highest BCUT2D eigenvalue weighted by atomic mass is 79.9. The molecular weight excluding hydrogens is 272 g/mol. The molecule has 0 unspecified atom stereocenters. The van der Waals surface area contributed by atoms with Crippen LogP contribution in [0.4, 0.5) is 5.82 Å². The Kier molecular flexibility index (Phi) is 5.42. The summed E-state index contributed by atoms with van der Waals surface area (Å²) in [6.07, 6.45) is 2.57. The van der Waals surface area contributed by atoms with Crippen LogP contribution >= 0.6 is 15.9 Å². The molecule has 0 fully saturated rings. The lowest BCUT2D eigenvalue weighted by molar-refractivity contribution is -0.120. The van der Waals surface area contributed by atoms with E-state index < -0.39 is 0 Å². The molecule has 0 aliphatic heterocycles. The summed E-state index contributed by atoms with van der Waals surface area (Å²) in [5, 5.41) is 2.67. The predicted molar refractivity (Wildman–Crippen MR) is 66.4 cm³/mol. The van der Waals surface area contributed by atoms with Crippen LogP contribution < -0.4 is 5.32 Å². The Labute approximate surface area is 104 Å². The van der Waals surface area contributed by atoms with E-state index in [1.165, 1.54) is 0 Å². The first kappa shape index (κ1) is 13.1. The molecule has 1 rings (SSSR count). The average molecular weight is 287 g/mol. The second kappa shape index (κ2) is 6.60. The summed E-state index contributed by atoms with van der Waals surface area (Å²) in [6.45, 7) is 4.61. The molecule has 0 aliphatic carbocycles. The number of carbonyl (C=O) groups is 1. The van der Waals surface area contributed by atoms with Crippen LogP contribution in [0.3, 0.4) is 0 Å². The Hall–Kier alpha value is -0.940. The number of halogens is 1. The molecule has 0 aliphatic rings. The van der Waals surface area contributed by atoms with E-state index in [0.29, 0.717) is 12.4 Å². The molecule has 0 spiro atoms. The summed E-state index contributed by atoms with van der Waals surface area (Å²) >= 11 is 3.35. The highest BCUT2D eigenvalue weighted by Gasteiger charge is 2.04. The Morgan fingerprint density at radius 1 is 1.62 bits per heavy atom. The minimum absolute atomic E-state index is 0.0740. The van der Waals surface area contributed by atoms with Crippen molar-refractivity contribution in [2.75, 3.05) is 18.5 Å². The van der Waals surface area contributed by atoms with Gasteiger partial charge in [0.05, 0.1) is 0 Å². The second-order valence-electron chi connectivity index (χ2n) is 3.42. The Balaban J connectivity index is 2.46. The molecule has 1 aromatic rings. The molecule has 0 aromatic carbocycles. The van der Waals surface area contributed by atoms with Gasteiger partial charge in [0.25, 0.3) is 5.91 Å². The zero-order valence-electron chi connectivity index (χ0n) is 9.42. The summed E-state index contributed by atoms with van der Waals surface area (Å²) in [6, 6.07) is 1.81. The minimum Gasteiger partial charge on any atom is -0.372 e. The molecule has 1 N–H and O–H groups in total. The van der Waals surface area contributed by atoms with Crippen molar-refractivity contribution in [1.82, 2.24) is 4.98 Å². The molecule has 0 atom stereocenters. The summed E-state index contributed by atoms with van der Waals surface area (Å²) in [7, 11) is 0. The lowest BCUT2D eigenvalue weighted by Crippen LogP contribution is -2.19. The van der Waals surface area contributed by atoms with Crippen molar-refractivity contribution in [3.05, 3.63) is 22.3 Å². The molecule has 0 saturated carbocycles. The van der Waals surface area contributed by atoms with Crippen molar-refractivity contribution in [3.8, 4) is 0 Å². The normalized spacial score (nSPS) is 10.2. The summed E-state index contributed by atoms with van der Waals surface area (Å²) < 4.78 is 6.05. The summed E-state index contributed by atoms with van der Waals surface area (Å²) in [4.78, 5) is 15.5. The third kappa shape index (κ3) is 4.28. The number of pyridine rings is 1. The van der Waals surface area contributed by atoms with Crippen molar-refractivity contribution in [2.45, 2.75) is 20.3 Å². The zero-order valence-corrected chi connectivity index (χ0v) is 11.0. The monoisotopic (exact) mass is 286 g/mol. The van der Waals surface area contributed by atoms with Gasteiger partial charge in [0.15, 0.2) is 0 Å². The number of nitrogens with one attached hydrogen (secondary N) is 1. The molecule has 0 saturated heterocycles. The molecule has 0 radical (unpaired) electrons. The van der Waals surface area contributed by atoms with E-state index in [0.717, 1.165) is 16.5 Å². The van der Waals surface area contributed by atoms with Crippen molar-refractivity contribution in [1.29, 1.82) is 0 Å². The fraction of sp³-hybridized carbons (Fsp3) is 0.455. The maximum Gasteiger partial charge on any atom is 0.251 e. The number of rotatable bonds is 5. The third-order valence-corrected chi connectivity index (χ3v) is 2.73. The van der Waals surface area contributed by atoms with Crippen LogP contribution in [0.2, 0.25) is 0 Å². The van der Waals surface area contributed by atoms with Gasteiger partial charge in [-0.2, -0.15) is 0 Å². The topological polar surface area (TPSA) is 51.2 Å². The van der Waals surface area contributed by atoms with Gasteiger partial charge in [-0.15, -0.1) is 0 Å². The molecule has 16 heavy (non-hydrogen) atoms. The van der Waals surface area contributed by atoms with Gasteiger partial charge in [-0.05, 0) is 40.9 Å². The van der Waals surface area contributed by atoms with Gasteiger partial charge in [0, 0.05) is 17.3 Å². The molecule has 0 bridgehead atoms. The van der Waals surface area contributed by atoms with Gasteiger partial charge in [0.1, 0.15) is 12.4 Å². The Bertz CT molecular complexity index is 369. The van der Waals surface area contributed by atoms with Gasteiger partial charge >= 0.3 is 0 Å². The first-order chi connectivity index (χ1) is 7.63. The van der Waals surface area contributed by atoms with Crippen molar-refractivity contribution in [2.24, 2.45) is 0 Å². The quantitative estimate of drug-likeness (QED) is 0.847. The molecule has 5 heteroatoms. The van der Waals surface area contributed by atoms with E-state index in [-0.39, 0.29) is 12.5 Å². The highest BCUT2D eigenvalue weighted by Crippen LogP contribution is 2.16. The maximum absolute atomic E-state index is 11.4. The number of ether oxygens (including phenoxy) is 1. The van der Waals surface area contributed by atoms with Gasteiger partial charge < -0.3 is 10.1 Å². The van der Waals surface area contributed by atoms with Gasteiger partial charge in [-0.25, -0.2) is 4.98 Å². The van der Waals surface area contributed by atoms with Crippen LogP contribution in [0.15, 0.2) is 16.7 Å². The van der Waals surface area contributed by atoms with Crippen LogP contribution in [0.5, 0.6) is 0 Å². The number of aryl methyl sites for hydroxylation is 1. The summed E-state index contributed by atoms with van der Waals surface area (Å²) in [5.41, 5.74) is 1.03. The first-order valence-electron chi connectivity index (χ1n) is 5.13. The van der Waals surface area contributed by atoms with E-state index >= 15 is 0 Å². The molecule has 4 nitrogen and oxygen atoms in total. The van der Waals surface area contributed by atoms with Crippen LogP contribution in [0.25, 0.3) is 0 Å². The van der Waals surface area contributed by atoms with E-state index in [9.17, 15) is 4.79 Å². The predicted octanol–water partition coefficient (Wildman–Crippen LogP) is 2.52. The van der Waals surface area contributed by atoms with E-state index in [1.807, 2.05) is 19.9 Å². The number of aromatic nitrogens is 1. The van der Waals surface area contributed by atoms with Crippen LogP contribution in [0.1, 0.15) is 18.9 Å². The minimum atomic E-state index is -0.178. The van der Waals surface area contributed by atoms with Crippen molar-refractivity contribution < 1.29 is 9.53 Å². The second-order valence-corrected chi connectivity index (χ2v) is 4.27. The number of amides is 1. The molecular formula is C11H15BrN2O2. The van der Waals surface area contributed by atoms with Crippen molar-refractivity contribution in [3.63, 3.8) is 0 Å². The number of carbonyl (C=O) groups excluding carboxylic acids is 1. The van der Waals surface area contributed by atoms with E-state index in [4.69, 9.17) is 4.74 Å². The molecule has 1 amide bonds. The smallest absolute Gasteiger partial charge is 0.251 e. The average Bonchev–Trinajstić information content (AvgIpc) is 2.24. The molecule has 1 aromatic heterocycles. The maximum atomic E-state index is 11.4. The Morgan fingerprint density at radius 3 is 3.00 bits per heavy atom. The largest absolute Gasteiger partial charge is 0.372 e. The van der Waals surface area contributed by atoms with Crippen LogP contribution in [0, 0.1) is 6.92 Å². The first-order valence-corrected chi connectivity index (χ1v) is 5.92. The third-order valence-electron chi connectivity index (χ3n) is 1.90. The zero-order chi connectivity index (χ0) is 12.0. The molecule has 1 heterocycles. The van der Waals surface area contributed by atoms with Gasteiger partial charge in [0.2, 0.25) is 0 Å². The van der Waals surface area contributed by atoms with Crippen LogP contribution in [-0.2, 0) is 9.53 Å². The van der Waals surface area contributed by atoms with Gasteiger partial charge in [-0.3, -0.25) is 4.79 Å². The standard InChI is InChI=1S/C11H15BrN2O2/c1-3-4-16-7-11(15)14-10-5-8(2)9(12)6-13-10/h5-6H,3-4,7H2,1-2H3,(H,13,14,15). The van der Waals surface area contributed by atoms with E-state index in [2.05, 4.69) is 26.2 Å². The number of nitrogens with zero attached hydrogens (tertiary/aromatic N) is 1. The lowest BCUT2D eigenvalue weighted by atomic mass is 10.3. The number of hydrogen-bond donors (Lipinski definition) is 1. The summed E-state index contributed by atoms with van der Waals surface area (Å²) in [5.74, 6) is 0.369. The molecule has 88 valence electrons. The van der Waals surface area contributed by atoms with Crippen molar-refractivity contribution >= 4 is 27.7 Å². The highest BCUT2D eigenvalue weighted by molar-refractivity contribution is 9.10.